The standard InChI is InChI=1S/C24H29N5O2/c30-24(23-26-19-7-1-2-8-20(19)27-23)25-11-3-4-12-28-13-15-29(16-14-28)21-9-5-6-18-10-17-31-22(18)21/h1-2,5-9H,3-4,10-17H2,(H,25,30)(H,26,27). The molecule has 0 aliphatic carbocycles. The predicted molar refractivity (Wildman–Crippen MR) is 122 cm³/mol. The van der Waals surface area contributed by atoms with Gasteiger partial charge in [-0.25, -0.2) is 4.98 Å². The highest BCUT2D eigenvalue weighted by Gasteiger charge is 2.23. The maximum absolute atomic E-state index is 12.3. The Morgan fingerprint density at radius 3 is 2.81 bits per heavy atom. The number of anilines is 1. The second-order valence-electron chi connectivity index (χ2n) is 8.26. The van der Waals surface area contributed by atoms with Gasteiger partial charge in [0.15, 0.2) is 5.82 Å². The van der Waals surface area contributed by atoms with Gasteiger partial charge in [-0.1, -0.05) is 24.3 Å². The van der Waals surface area contributed by atoms with E-state index in [4.69, 9.17) is 4.74 Å². The van der Waals surface area contributed by atoms with Gasteiger partial charge < -0.3 is 19.9 Å². The number of carbonyl (C=O) groups excluding carboxylic acids is 1. The molecule has 1 amide bonds. The van der Waals surface area contributed by atoms with Crippen molar-refractivity contribution in [2.45, 2.75) is 19.3 Å². The highest BCUT2D eigenvalue weighted by molar-refractivity contribution is 5.94. The Hall–Kier alpha value is -3.06. The number of H-pyrrole nitrogens is 1. The number of benzene rings is 2. The number of fused-ring (bicyclic) bond motifs is 2. The fourth-order valence-corrected chi connectivity index (χ4v) is 4.47. The van der Waals surface area contributed by atoms with Crippen molar-refractivity contribution in [3.8, 4) is 5.75 Å². The van der Waals surface area contributed by atoms with Gasteiger partial charge in [0.2, 0.25) is 0 Å². The van der Waals surface area contributed by atoms with Gasteiger partial charge in [0.25, 0.3) is 5.91 Å². The third kappa shape index (κ3) is 4.37. The van der Waals surface area contributed by atoms with Crippen LogP contribution in [0, 0.1) is 0 Å². The minimum absolute atomic E-state index is 0.137. The lowest BCUT2D eigenvalue weighted by atomic mass is 10.1. The molecule has 0 atom stereocenters. The lowest BCUT2D eigenvalue weighted by Gasteiger charge is -2.36. The highest BCUT2D eigenvalue weighted by Crippen LogP contribution is 2.36. The molecule has 2 N–H and O–H groups in total. The number of rotatable bonds is 7. The number of nitrogens with one attached hydrogen (secondary N) is 2. The molecule has 0 radical (unpaired) electrons. The number of aromatic nitrogens is 2. The molecule has 0 bridgehead atoms. The van der Waals surface area contributed by atoms with E-state index in [2.05, 4.69) is 43.3 Å². The summed E-state index contributed by atoms with van der Waals surface area (Å²) in [6.07, 6.45) is 3.06. The number of imidazole rings is 1. The predicted octanol–water partition coefficient (Wildman–Crippen LogP) is 2.83. The summed E-state index contributed by atoms with van der Waals surface area (Å²) in [6.45, 7) is 6.73. The Morgan fingerprint density at radius 1 is 1.06 bits per heavy atom. The number of ether oxygens (including phenoxy) is 1. The van der Waals surface area contributed by atoms with Crippen LogP contribution in [-0.2, 0) is 6.42 Å². The van der Waals surface area contributed by atoms with Gasteiger partial charge in [0.05, 0.1) is 23.3 Å². The number of unbranched alkanes of at least 4 members (excludes halogenated alkanes) is 1. The van der Waals surface area contributed by atoms with Crippen LogP contribution in [-0.4, -0.2) is 66.7 Å². The molecular formula is C24H29N5O2. The number of hydrogen-bond donors (Lipinski definition) is 2. The average Bonchev–Trinajstić information content (AvgIpc) is 3.46. The van der Waals surface area contributed by atoms with Crippen molar-refractivity contribution >= 4 is 22.6 Å². The fraction of sp³-hybridized carbons (Fsp3) is 0.417. The van der Waals surface area contributed by atoms with E-state index in [-0.39, 0.29) is 5.91 Å². The summed E-state index contributed by atoms with van der Waals surface area (Å²) in [5.41, 5.74) is 4.30. The Bertz CT molecular complexity index is 1020. The van der Waals surface area contributed by atoms with Crippen LogP contribution < -0.4 is 15.0 Å². The first kappa shape index (κ1) is 19.9. The third-order valence-electron chi connectivity index (χ3n) is 6.20. The Kier molecular flexibility index (Phi) is 5.76. The molecule has 7 nitrogen and oxygen atoms in total. The molecule has 2 aliphatic heterocycles. The van der Waals surface area contributed by atoms with E-state index >= 15 is 0 Å². The Labute approximate surface area is 182 Å². The molecule has 1 aromatic heterocycles. The highest BCUT2D eigenvalue weighted by atomic mass is 16.5. The third-order valence-corrected chi connectivity index (χ3v) is 6.20. The summed E-state index contributed by atoms with van der Waals surface area (Å²) < 4.78 is 5.87. The number of piperazine rings is 1. The van der Waals surface area contributed by atoms with Gasteiger partial charge in [0.1, 0.15) is 5.75 Å². The second-order valence-corrected chi connectivity index (χ2v) is 8.26. The van der Waals surface area contributed by atoms with Crippen LogP contribution in [0.1, 0.15) is 29.0 Å². The maximum atomic E-state index is 12.3. The van der Waals surface area contributed by atoms with E-state index < -0.39 is 0 Å². The average molecular weight is 420 g/mol. The molecule has 2 aromatic carbocycles. The van der Waals surface area contributed by atoms with Crippen molar-refractivity contribution in [1.29, 1.82) is 0 Å². The molecule has 3 heterocycles. The number of amides is 1. The van der Waals surface area contributed by atoms with E-state index in [1.54, 1.807) is 0 Å². The van der Waals surface area contributed by atoms with Gasteiger partial charge in [-0.05, 0) is 43.1 Å². The van der Waals surface area contributed by atoms with Crippen LogP contribution in [0.2, 0.25) is 0 Å². The normalized spacial score (nSPS) is 16.3. The summed E-state index contributed by atoms with van der Waals surface area (Å²) in [6, 6.07) is 14.2. The molecule has 0 saturated carbocycles. The van der Waals surface area contributed by atoms with Crippen molar-refractivity contribution < 1.29 is 9.53 Å². The molecule has 162 valence electrons. The largest absolute Gasteiger partial charge is 0.491 e. The van der Waals surface area contributed by atoms with Crippen LogP contribution >= 0.6 is 0 Å². The van der Waals surface area contributed by atoms with E-state index in [0.29, 0.717) is 12.4 Å². The molecule has 7 heteroatoms. The molecular weight excluding hydrogens is 390 g/mol. The number of aromatic amines is 1. The first-order valence-corrected chi connectivity index (χ1v) is 11.2. The van der Waals surface area contributed by atoms with Crippen molar-refractivity contribution in [2.75, 3.05) is 50.8 Å². The van der Waals surface area contributed by atoms with Gasteiger partial charge in [-0.15, -0.1) is 0 Å². The van der Waals surface area contributed by atoms with Crippen molar-refractivity contribution in [3.05, 3.63) is 53.9 Å². The summed E-state index contributed by atoms with van der Waals surface area (Å²) in [5, 5.41) is 2.98. The Morgan fingerprint density at radius 2 is 1.94 bits per heavy atom. The van der Waals surface area contributed by atoms with Crippen LogP contribution in [0.15, 0.2) is 42.5 Å². The number of nitrogens with zero attached hydrogens (tertiary/aromatic N) is 3. The van der Waals surface area contributed by atoms with Crippen LogP contribution in [0.5, 0.6) is 5.75 Å². The van der Waals surface area contributed by atoms with Crippen molar-refractivity contribution in [2.24, 2.45) is 0 Å². The Balaban J connectivity index is 1.02. The molecule has 5 rings (SSSR count). The van der Waals surface area contributed by atoms with Gasteiger partial charge >= 0.3 is 0 Å². The molecule has 31 heavy (non-hydrogen) atoms. The second kappa shape index (κ2) is 8.98. The number of hydrogen-bond acceptors (Lipinski definition) is 5. The molecule has 0 spiro atoms. The zero-order chi connectivity index (χ0) is 21.0. The first-order chi connectivity index (χ1) is 15.3. The molecule has 3 aromatic rings. The van der Waals surface area contributed by atoms with E-state index in [9.17, 15) is 4.79 Å². The van der Waals surface area contributed by atoms with Crippen LogP contribution in [0.25, 0.3) is 11.0 Å². The van der Waals surface area contributed by atoms with Crippen molar-refractivity contribution in [1.82, 2.24) is 20.2 Å². The number of carbonyl (C=O) groups is 1. The zero-order valence-corrected chi connectivity index (χ0v) is 17.8. The smallest absolute Gasteiger partial charge is 0.287 e. The molecule has 0 unspecified atom stereocenters. The monoisotopic (exact) mass is 419 g/mol. The quantitative estimate of drug-likeness (QED) is 0.576. The molecule has 1 fully saturated rings. The van der Waals surface area contributed by atoms with Gasteiger partial charge in [-0.3, -0.25) is 9.69 Å². The minimum atomic E-state index is -0.137. The minimum Gasteiger partial charge on any atom is -0.491 e. The SMILES string of the molecule is O=C(NCCCCN1CCN(c2cccc3c2OCC3)CC1)c1nc2ccccc2[nH]1. The summed E-state index contributed by atoms with van der Waals surface area (Å²) >= 11 is 0. The van der Waals surface area contributed by atoms with Crippen LogP contribution in [0.4, 0.5) is 5.69 Å². The van der Waals surface area contributed by atoms with E-state index in [1.807, 2.05) is 24.3 Å². The lowest BCUT2D eigenvalue weighted by Crippen LogP contribution is -2.46. The van der Waals surface area contributed by atoms with Crippen molar-refractivity contribution in [3.63, 3.8) is 0 Å². The van der Waals surface area contributed by atoms with Gasteiger partial charge in [0, 0.05) is 39.1 Å². The zero-order valence-electron chi connectivity index (χ0n) is 17.8. The summed E-state index contributed by atoms with van der Waals surface area (Å²) in [4.78, 5) is 24.7. The van der Waals surface area contributed by atoms with E-state index in [0.717, 1.165) is 75.4 Å². The summed E-state index contributed by atoms with van der Waals surface area (Å²) in [5.74, 6) is 1.34. The van der Waals surface area contributed by atoms with Crippen LogP contribution in [0.3, 0.4) is 0 Å². The van der Waals surface area contributed by atoms with Gasteiger partial charge in [-0.2, -0.15) is 0 Å². The van der Waals surface area contributed by atoms with E-state index in [1.165, 1.54) is 11.3 Å². The molecule has 2 aliphatic rings. The summed E-state index contributed by atoms with van der Waals surface area (Å²) in [7, 11) is 0. The fourth-order valence-electron chi connectivity index (χ4n) is 4.47. The topological polar surface area (TPSA) is 73.5 Å². The maximum Gasteiger partial charge on any atom is 0.287 e. The first-order valence-electron chi connectivity index (χ1n) is 11.2. The lowest BCUT2D eigenvalue weighted by molar-refractivity contribution is 0.0943. The molecule has 1 saturated heterocycles. The number of para-hydroxylation sites is 3.